The number of amides is 3. The van der Waals surface area contributed by atoms with Crippen molar-refractivity contribution in [1.29, 1.82) is 0 Å². The molecule has 10 heteroatoms. The minimum Gasteiger partial charge on any atom is -0.493 e. The van der Waals surface area contributed by atoms with Gasteiger partial charge in [0.25, 0.3) is 5.91 Å². The number of hydrogen-bond acceptors (Lipinski definition) is 7. The standard InChI is InChI=1S/C24H38N4O6/c1-16(2)28(19-8-7-18(26-14-19)13-23(30)27-15-22(25)29)24(31)17-6-9-20(33-4)21(12-17)34-11-5-10-32-3/h6,9,12,16,18-19,26H,5,7-8,10-11,13-15H2,1-4H3,(H2,25,29)(H,27,30)/t18-,19+/m0/s1. The summed E-state index contributed by atoms with van der Waals surface area (Å²) >= 11 is 0. The van der Waals surface area contributed by atoms with Crippen LogP contribution >= 0.6 is 0 Å². The summed E-state index contributed by atoms with van der Waals surface area (Å²) < 4.78 is 16.3. The molecule has 190 valence electrons. The first-order valence-corrected chi connectivity index (χ1v) is 11.7. The number of carbonyl (C=O) groups excluding carboxylic acids is 3. The van der Waals surface area contributed by atoms with Crippen LogP contribution in [0.1, 0.15) is 49.9 Å². The number of primary amides is 1. The molecule has 1 fully saturated rings. The highest BCUT2D eigenvalue weighted by Crippen LogP contribution is 2.30. The molecule has 34 heavy (non-hydrogen) atoms. The number of methoxy groups -OCH3 is 2. The molecule has 10 nitrogen and oxygen atoms in total. The molecule has 1 aliphatic rings. The minimum absolute atomic E-state index is 0.00870. The zero-order valence-electron chi connectivity index (χ0n) is 20.6. The lowest BCUT2D eigenvalue weighted by molar-refractivity contribution is -0.125. The highest BCUT2D eigenvalue weighted by molar-refractivity contribution is 5.95. The van der Waals surface area contributed by atoms with E-state index in [1.807, 2.05) is 18.7 Å². The lowest BCUT2D eigenvalue weighted by atomic mass is 9.95. The van der Waals surface area contributed by atoms with E-state index in [4.69, 9.17) is 19.9 Å². The molecule has 0 radical (unpaired) electrons. The molecule has 2 atom stereocenters. The predicted molar refractivity (Wildman–Crippen MR) is 128 cm³/mol. The summed E-state index contributed by atoms with van der Waals surface area (Å²) in [5.74, 6) is 0.226. The SMILES string of the molecule is COCCCOc1cc(C(=O)N(C(C)C)[C@@H]2CC[C@@H](CC(=O)NCC(N)=O)NC2)ccc1OC. The van der Waals surface area contributed by atoms with Crippen LogP contribution in [0.5, 0.6) is 11.5 Å². The van der Waals surface area contributed by atoms with Crippen molar-refractivity contribution in [3.05, 3.63) is 23.8 Å². The van der Waals surface area contributed by atoms with Crippen molar-refractivity contribution in [3.8, 4) is 11.5 Å². The number of benzene rings is 1. The summed E-state index contributed by atoms with van der Waals surface area (Å²) in [7, 11) is 3.21. The van der Waals surface area contributed by atoms with E-state index >= 15 is 0 Å². The molecular weight excluding hydrogens is 440 g/mol. The molecule has 0 unspecified atom stereocenters. The first-order valence-electron chi connectivity index (χ1n) is 11.7. The number of hydrogen-bond donors (Lipinski definition) is 3. The molecule has 0 aliphatic carbocycles. The third-order valence-corrected chi connectivity index (χ3v) is 5.73. The average molecular weight is 479 g/mol. The van der Waals surface area contributed by atoms with E-state index in [-0.39, 0.29) is 42.9 Å². The molecular formula is C24H38N4O6. The lowest BCUT2D eigenvalue weighted by Gasteiger charge is -2.40. The van der Waals surface area contributed by atoms with Gasteiger partial charge in [-0.25, -0.2) is 0 Å². The first kappa shape index (κ1) is 27.4. The maximum absolute atomic E-state index is 13.5. The predicted octanol–water partition coefficient (Wildman–Crippen LogP) is 1.07. The van der Waals surface area contributed by atoms with Crippen molar-refractivity contribution >= 4 is 17.7 Å². The Bertz CT molecular complexity index is 824. The number of rotatable bonds is 13. The second-order valence-corrected chi connectivity index (χ2v) is 8.65. The number of piperidine rings is 1. The Labute approximate surface area is 201 Å². The van der Waals surface area contributed by atoms with Gasteiger partial charge in [-0.15, -0.1) is 0 Å². The van der Waals surface area contributed by atoms with Gasteiger partial charge in [0.2, 0.25) is 11.8 Å². The van der Waals surface area contributed by atoms with Crippen LogP contribution in [-0.2, 0) is 14.3 Å². The molecule has 2 rings (SSSR count). The van der Waals surface area contributed by atoms with Gasteiger partial charge in [0, 0.05) is 56.8 Å². The summed E-state index contributed by atoms with van der Waals surface area (Å²) in [6, 6.07) is 5.19. The van der Waals surface area contributed by atoms with Gasteiger partial charge in [0.15, 0.2) is 11.5 Å². The van der Waals surface area contributed by atoms with Crippen LogP contribution in [0.2, 0.25) is 0 Å². The number of ether oxygens (including phenoxy) is 3. The van der Waals surface area contributed by atoms with E-state index in [0.29, 0.717) is 36.8 Å². The Morgan fingerprint density at radius 1 is 1.18 bits per heavy atom. The van der Waals surface area contributed by atoms with Crippen LogP contribution in [0.15, 0.2) is 18.2 Å². The molecule has 0 bridgehead atoms. The molecule has 1 heterocycles. The van der Waals surface area contributed by atoms with Crippen LogP contribution < -0.4 is 25.8 Å². The normalized spacial score (nSPS) is 17.8. The molecule has 1 aromatic carbocycles. The van der Waals surface area contributed by atoms with Gasteiger partial charge in [-0.05, 0) is 44.9 Å². The Morgan fingerprint density at radius 2 is 1.94 bits per heavy atom. The Balaban J connectivity index is 2.03. The molecule has 0 aromatic heterocycles. The van der Waals surface area contributed by atoms with Gasteiger partial charge in [0.05, 0.1) is 20.3 Å². The molecule has 3 amide bonds. The number of carbonyl (C=O) groups is 3. The van der Waals surface area contributed by atoms with Gasteiger partial charge in [-0.1, -0.05) is 0 Å². The van der Waals surface area contributed by atoms with E-state index in [9.17, 15) is 14.4 Å². The average Bonchev–Trinajstić information content (AvgIpc) is 2.81. The van der Waals surface area contributed by atoms with Crippen molar-refractivity contribution in [1.82, 2.24) is 15.5 Å². The van der Waals surface area contributed by atoms with E-state index in [1.165, 1.54) is 0 Å². The molecule has 0 saturated carbocycles. The summed E-state index contributed by atoms with van der Waals surface area (Å²) in [6.45, 7) is 5.44. The smallest absolute Gasteiger partial charge is 0.254 e. The van der Waals surface area contributed by atoms with Crippen LogP contribution in [0.4, 0.5) is 0 Å². The largest absolute Gasteiger partial charge is 0.493 e. The van der Waals surface area contributed by atoms with Crippen LogP contribution in [-0.4, -0.2) is 81.3 Å². The topological polar surface area (TPSA) is 132 Å². The maximum Gasteiger partial charge on any atom is 0.254 e. The van der Waals surface area contributed by atoms with E-state index in [0.717, 1.165) is 19.3 Å². The Hall–Kier alpha value is -2.85. The Kier molecular flexibility index (Phi) is 11.1. The molecule has 4 N–H and O–H groups in total. The van der Waals surface area contributed by atoms with Crippen LogP contribution in [0, 0.1) is 0 Å². The van der Waals surface area contributed by atoms with Gasteiger partial charge < -0.3 is 35.5 Å². The van der Waals surface area contributed by atoms with Crippen molar-refractivity contribution in [3.63, 3.8) is 0 Å². The highest BCUT2D eigenvalue weighted by atomic mass is 16.5. The molecule has 0 spiro atoms. The van der Waals surface area contributed by atoms with Gasteiger partial charge in [-0.3, -0.25) is 14.4 Å². The fraction of sp³-hybridized carbons (Fsp3) is 0.625. The lowest BCUT2D eigenvalue weighted by Crippen LogP contribution is -2.54. The zero-order chi connectivity index (χ0) is 25.1. The quantitative estimate of drug-likeness (QED) is 0.361. The van der Waals surface area contributed by atoms with Crippen molar-refractivity contribution in [2.24, 2.45) is 5.73 Å². The summed E-state index contributed by atoms with van der Waals surface area (Å²) in [6.07, 6.45) is 2.49. The summed E-state index contributed by atoms with van der Waals surface area (Å²) in [4.78, 5) is 38.2. The highest BCUT2D eigenvalue weighted by Gasteiger charge is 2.32. The fourth-order valence-corrected chi connectivity index (χ4v) is 4.07. The molecule has 1 aliphatic heterocycles. The van der Waals surface area contributed by atoms with Gasteiger partial charge in [0.1, 0.15) is 0 Å². The number of nitrogens with two attached hydrogens (primary N) is 1. The fourth-order valence-electron chi connectivity index (χ4n) is 4.07. The molecule has 1 aromatic rings. The van der Waals surface area contributed by atoms with Crippen molar-refractivity contribution < 1.29 is 28.6 Å². The van der Waals surface area contributed by atoms with Crippen molar-refractivity contribution in [2.45, 2.75) is 57.7 Å². The van der Waals surface area contributed by atoms with Crippen LogP contribution in [0.3, 0.4) is 0 Å². The Morgan fingerprint density at radius 3 is 2.53 bits per heavy atom. The van der Waals surface area contributed by atoms with Crippen molar-refractivity contribution in [2.75, 3.05) is 40.5 Å². The first-order chi connectivity index (χ1) is 16.3. The van der Waals surface area contributed by atoms with Gasteiger partial charge in [-0.2, -0.15) is 0 Å². The summed E-state index contributed by atoms with van der Waals surface area (Å²) in [5.41, 5.74) is 5.60. The maximum atomic E-state index is 13.5. The summed E-state index contributed by atoms with van der Waals surface area (Å²) in [5, 5.41) is 5.88. The minimum atomic E-state index is -0.571. The van der Waals surface area contributed by atoms with E-state index < -0.39 is 5.91 Å². The number of nitrogens with one attached hydrogen (secondary N) is 2. The van der Waals surface area contributed by atoms with E-state index in [2.05, 4.69) is 10.6 Å². The zero-order valence-corrected chi connectivity index (χ0v) is 20.6. The monoisotopic (exact) mass is 478 g/mol. The second-order valence-electron chi connectivity index (χ2n) is 8.65. The van der Waals surface area contributed by atoms with E-state index in [1.54, 1.807) is 32.4 Å². The third kappa shape index (κ3) is 8.18. The second kappa shape index (κ2) is 13.8. The van der Waals surface area contributed by atoms with Crippen LogP contribution in [0.25, 0.3) is 0 Å². The molecule has 1 saturated heterocycles. The number of nitrogens with zero attached hydrogens (tertiary/aromatic N) is 1. The van der Waals surface area contributed by atoms with Gasteiger partial charge >= 0.3 is 0 Å². The third-order valence-electron chi connectivity index (χ3n) is 5.73.